The number of sulfone groups is 1. The molecule has 0 bridgehead atoms. The van der Waals surface area contributed by atoms with Crippen LogP contribution in [0.25, 0.3) is 22.3 Å². The van der Waals surface area contributed by atoms with Gasteiger partial charge in [0.15, 0.2) is 9.84 Å². The first kappa shape index (κ1) is 24.6. The van der Waals surface area contributed by atoms with Crippen LogP contribution in [0.1, 0.15) is 36.7 Å². The van der Waals surface area contributed by atoms with Crippen molar-refractivity contribution in [1.82, 2.24) is 20.1 Å². The maximum Gasteiger partial charge on any atom is 0.253 e. The van der Waals surface area contributed by atoms with E-state index in [2.05, 4.69) is 15.4 Å². The Bertz CT molecular complexity index is 1410. The second-order valence-electron chi connectivity index (χ2n) is 9.57. The molecule has 2 unspecified atom stereocenters. The van der Waals surface area contributed by atoms with Gasteiger partial charge in [0, 0.05) is 25.3 Å². The molecule has 36 heavy (non-hydrogen) atoms. The lowest BCUT2D eigenvalue weighted by Gasteiger charge is -2.38. The summed E-state index contributed by atoms with van der Waals surface area (Å²) in [5.74, 6) is -0.442. The summed E-state index contributed by atoms with van der Waals surface area (Å²) in [6.45, 7) is 3.24. The molecule has 1 amide bonds. The van der Waals surface area contributed by atoms with E-state index in [1.165, 1.54) is 17.8 Å². The summed E-state index contributed by atoms with van der Waals surface area (Å²) in [6, 6.07) is 7.65. The van der Waals surface area contributed by atoms with Crippen LogP contribution in [0.3, 0.4) is 0 Å². The first-order chi connectivity index (χ1) is 17.0. The lowest BCUT2D eigenvalue weighted by atomic mass is 10.1. The monoisotopic (exact) mass is 520 g/mol. The second kappa shape index (κ2) is 9.07. The molecule has 1 N–H and O–H groups in total. The summed E-state index contributed by atoms with van der Waals surface area (Å²) < 4.78 is 63.4. The third-order valence-corrected chi connectivity index (χ3v) is 8.43. The molecule has 2 aliphatic rings. The highest BCUT2D eigenvalue weighted by atomic mass is 32.2. The van der Waals surface area contributed by atoms with Crippen LogP contribution in [-0.4, -0.2) is 71.9 Å². The van der Waals surface area contributed by atoms with Crippen LogP contribution in [-0.2, 0) is 14.6 Å². The Labute approximate surface area is 206 Å². The highest BCUT2D eigenvalue weighted by Crippen LogP contribution is 2.34. The van der Waals surface area contributed by atoms with Crippen molar-refractivity contribution in [3.05, 3.63) is 42.1 Å². The number of pyridine rings is 1. The molecule has 0 spiro atoms. The Morgan fingerprint density at radius 3 is 2.81 bits per heavy atom. The number of nitrogens with one attached hydrogen (secondary N) is 1. The number of fused-ring (bicyclic) bond motifs is 1. The van der Waals surface area contributed by atoms with E-state index in [4.69, 9.17) is 9.47 Å². The van der Waals surface area contributed by atoms with Crippen LogP contribution in [0.5, 0.6) is 5.75 Å². The van der Waals surface area contributed by atoms with Crippen molar-refractivity contribution in [3.63, 3.8) is 0 Å². The van der Waals surface area contributed by atoms with Crippen LogP contribution in [0.2, 0.25) is 0 Å². The van der Waals surface area contributed by atoms with Gasteiger partial charge in [0.2, 0.25) is 6.36 Å². The number of carbonyl (C=O) groups is 1. The summed E-state index contributed by atoms with van der Waals surface area (Å²) in [6.07, 6.45) is -1.05. The Morgan fingerprint density at radius 2 is 2.11 bits per heavy atom. The van der Waals surface area contributed by atoms with E-state index >= 15 is 0 Å². The molecule has 0 saturated carbocycles. The molecule has 4 heterocycles. The van der Waals surface area contributed by atoms with E-state index < -0.39 is 39.9 Å². The number of carbonyl (C=O) groups excluding carboxylic acids is 1. The normalized spacial score (nSPS) is 23.6. The minimum absolute atomic E-state index is 0.0699. The fourth-order valence-electron chi connectivity index (χ4n) is 4.81. The molecular weight excluding hydrogens is 494 g/mol. The largest absolute Gasteiger partial charge is 0.461 e. The number of alkyl halides is 2. The zero-order chi connectivity index (χ0) is 25.7. The van der Waals surface area contributed by atoms with Crippen molar-refractivity contribution in [2.24, 2.45) is 0 Å². The molecule has 9 nitrogen and oxygen atoms in total. The Balaban J connectivity index is 1.56. The minimum Gasteiger partial charge on any atom is -0.461 e. The number of ether oxygens (including phenoxy) is 2. The van der Waals surface area contributed by atoms with Crippen LogP contribution in [0.15, 0.2) is 36.5 Å². The highest BCUT2D eigenvalue weighted by Gasteiger charge is 2.45. The van der Waals surface area contributed by atoms with Gasteiger partial charge in [-0.25, -0.2) is 17.2 Å². The number of nitrogens with zero attached hydrogens (tertiary/aromatic N) is 3. The van der Waals surface area contributed by atoms with Crippen LogP contribution < -0.4 is 10.1 Å². The predicted octanol–water partition coefficient (Wildman–Crippen LogP) is 3.01. The average molecular weight is 521 g/mol. The third-order valence-electron chi connectivity index (χ3n) is 6.27. The Hall–Kier alpha value is -3.12. The average Bonchev–Trinajstić information content (AvgIpc) is 3.16. The molecule has 12 heteroatoms. The number of benzene rings is 1. The van der Waals surface area contributed by atoms with Crippen molar-refractivity contribution in [1.29, 1.82) is 0 Å². The van der Waals surface area contributed by atoms with Crippen molar-refractivity contribution >= 4 is 26.8 Å². The number of hydrogen-bond donors (Lipinski definition) is 1. The fraction of sp³-hybridized carbons (Fsp3) is 0.458. The zero-order valence-corrected chi connectivity index (χ0v) is 20.6. The van der Waals surface area contributed by atoms with Gasteiger partial charge in [0.05, 0.1) is 40.8 Å². The van der Waals surface area contributed by atoms with Gasteiger partial charge in [-0.3, -0.25) is 14.5 Å². The van der Waals surface area contributed by atoms with E-state index in [-0.39, 0.29) is 23.7 Å². The number of hydrogen-bond acceptors (Lipinski definition) is 7. The van der Waals surface area contributed by atoms with E-state index in [0.29, 0.717) is 41.1 Å². The number of rotatable bonds is 6. The van der Waals surface area contributed by atoms with Gasteiger partial charge in [-0.2, -0.15) is 5.10 Å². The zero-order valence-electron chi connectivity index (χ0n) is 19.8. The van der Waals surface area contributed by atoms with Crippen molar-refractivity contribution in [2.45, 2.75) is 44.4 Å². The van der Waals surface area contributed by atoms with Crippen LogP contribution in [0, 0.1) is 0 Å². The standard InChI is InChI=1S/C24H26F2N4O5S/c1-14(25)35-17-5-3-4-15(8-17)21-22-20(30(29-21)19-6-7-34-11-18(19)26)9-16(10-27-22)23(31)28-24(2)12-36(32,33)13-24/h3-5,8-10,14,18-19H,6-7,11-13H2,1-2H3,(H,28,31)/t14?,18-,19?/m1/s1. The second-order valence-corrected chi connectivity index (χ2v) is 11.6. The lowest BCUT2D eigenvalue weighted by Crippen LogP contribution is -2.63. The molecule has 3 aromatic rings. The summed E-state index contributed by atoms with van der Waals surface area (Å²) in [5, 5.41) is 7.44. The maximum absolute atomic E-state index is 14.9. The smallest absolute Gasteiger partial charge is 0.253 e. The molecule has 3 atom stereocenters. The van der Waals surface area contributed by atoms with E-state index in [1.54, 1.807) is 37.3 Å². The van der Waals surface area contributed by atoms with Crippen LogP contribution in [0.4, 0.5) is 8.78 Å². The van der Waals surface area contributed by atoms with Gasteiger partial charge in [-0.1, -0.05) is 12.1 Å². The van der Waals surface area contributed by atoms with Gasteiger partial charge < -0.3 is 14.8 Å². The fourth-order valence-corrected chi connectivity index (χ4v) is 6.81. The van der Waals surface area contributed by atoms with Gasteiger partial charge >= 0.3 is 0 Å². The Kier molecular flexibility index (Phi) is 6.19. The van der Waals surface area contributed by atoms with Gasteiger partial charge in [-0.15, -0.1) is 0 Å². The molecule has 2 saturated heterocycles. The van der Waals surface area contributed by atoms with Gasteiger partial charge in [0.1, 0.15) is 23.1 Å². The summed E-state index contributed by atoms with van der Waals surface area (Å²) in [5.41, 5.74) is 1.26. The number of halogens is 2. The van der Waals surface area contributed by atoms with Crippen molar-refractivity contribution in [2.75, 3.05) is 24.7 Å². The maximum atomic E-state index is 14.9. The third kappa shape index (κ3) is 4.79. The molecule has 2 aromatic heterocycles. The number of amides is 1. The van der Waals surface area contributed by atoms with E-state index in [9.17, 15) is 22.0 Å². The van der Waals surface area contributed by atoms with Gasteiger partial charge in [-0.05, 0) is 31.5 Å². The first-order valence-electron chi connectivity index (χ1n) is 11.6. The lowest BCUT2D eigenvalue weighted by molar-refractivity contribution is 0.00122. The first-order valence-corrected chi connectivity index (χ1v) is 13.4. The Morgan fingerprint density at radius 1 is 1.33 bits per heavy atom. The molecule has 2 aliphatic heterocycles. The minimum atomic E-state index is -3.15. The number of aromatic nitrogens is 3. The molecule has 0 radical (unpaired) electrons. The molecule has 5 rings (SSSR count). The predicted molar refractivity (Wildman–Crippen MR) is 128 cm³/mol. The van der Waals surface area contributed by atoms with Gasteiger partial charge in [0.25, 0.3) is 5.91 Å². The molecule has 2 fully saturated rings. The van der Waals surface area contributed by atoms with Crippen molar-refractivity contribution < 1.29 is 31.5 Å². The highest BCUT2D eigenvalue weighted by molar-refractivity contribution is 7.93. The molecular formula is C24H26F2N4O5S. The summed E-state index contributed by atoms with van der Waals surface area (Å²) >= 11 is 0. The van der Waals surface area contributed by atoms with E-state index in [0.717, 1.165) is 0 Å². The molecule has 192 valence electrons. The topological polar surface area (TPSA) is 112 Å². The molecule has 1 aromatic carbocycles. The molecule has 0 aliphatic carbocycles. The SMILES string of the molecule is CC(F)Oc1cccc(-c2nn(C3CCOC[C@H]3F)c3cc(C(=O)NC4(C)CS(=O)(=O)C4)cnc23)c1. The van der Waals surface area contributed by atoms with Crippen LogP contribution >= 0.6 is 0 Å². The summed E-state index contributed by atoms with van der Waals surface area (Å²) in [7, 11) is -3.15. The van der Waals surface area contributed by atoms with E-state index in [1.807, 2.05) is 0 Å². The van der Waals surface area contributed by atoms with Crippen molar-refractivity contribution in [3.8, 4) is 17.0 Å². The quantitative estimate of drug-likeness (QED) is 0.532. The summed E-state index contributed by atoms with van der Waals surface area (Å²) in [4.78, 5) is 17.4.